The number of allylic oxidation sites excluding steroid dienone is 1. The Morgan fingerprint density at radius 3 is 2.69 bits per heavy atom. The number of hydrogen-bond donors (Lipinski definition) is 1. The lowest BCUT2D eigenvalue weighted by atomic mass is 9.97. The van der Waals surface area contributed by atoms with Crippen LogP contribution in [0.25, 0.3) is 6.08 Å². The minimum Gasteiger partial charge on any atom is -0.361 e. The van der Waals surface area contributed by atoms with Gasteiger partial charge in [0.1, 0.15) is 0 Å². The first-order valence-electron chi connectivity index (χ1n) is 4.01. The quantitative estimate of drug-likeness (QED) is 0.642. The molecule has 1 aliphatic rings. The van der Waals surface area contributed by atoms with Gasteiger partial charge in [0, 0.05) is 17.5 Å². The average Bonchev–Trinajstić information content (AvgIpc) is 2.47. The van der Waals surface area contributed by atoms with Crippen LogP contribution in [0.1, 0.15) is 17.7 Å². The van der Waals surface area contributed by atoms with Crippen LogP contribution in [0.3, 0.4) is 0 Å². The first kappa shape index (κ1) is 8.41. The predicted molar refractivity (Wildman–Crippen MR) is 43.1 cm³/mol. The summed E-state index contributed by atoms with van der Waals surface area (Å²) in [7, 11) is 0. The van der Waals surface area contributed by atoms with Crippen molar-refractivity contribution in [1.82, 2.24) is 4.98 Å². The van der Waals surface area contributed by atoms with E-state index in [2.05, 4.69) is 4.98 Å². The van der Waals surface area contributed by atoms with E-state index in [1.165, 1.54) is 6.08 Å². The third-order valence-electron chi connectivity index (χ3n) is 2.22. The molecule has 1 aliphatic carbocycles. The fourth-order valence-electron chi connectivity index (χ4n) is 1.51. The van der Waals surface area contributed by atoms with Crippen LogP contribution in [0.15, 0.2) is 17.8 Å². The lowest BCUT2D eigenvalue weighted by Gasteiger charge is -2.15. The van der Waals surface area contributed by atoms with E-state index < -0.39 is 11.7 Å². The summed E-state index contributed by atoms with van der Waals surface area (Å²) in [4.78, 5) is 2.78. The van der Waals surface area contributed by atoms with Crippen molar-refractivity contribution >= 4 is 6.08 Å². The Hall–Kier alpha value is -1.19. The zero-order valence-corrected chi connectivity index (χ0v) is 6.78. The Morgan fingerprint density at radius 1 is 1.23 bits per heavy atom. The highest BCUT2D eigenvalue weighted by atomic mass is 19.4. The molecule has 0 atom stereocenters. The maximum absolute atomic E-state index is 12.3. The minimum atomic E-state index is -4.18. The van der Waals surface area contributed by atoms with Gasteiger partial charge in [-0.2, -0.15) is 13.2 Å². The molecule has 1 aromatic heterocycles. The van der Waals surface area contributed by atoms with Gasteiger partial charge in [0.2, 0.25) is 0 Å². The zero-order chi connectivity index (χ0) is 9.47. The van der Waals surface area contributed by atoms with Gasteiger partial charge in [-0.05, 0) is 30.5 Å². The molecule has 1 aromatic rings. The second-order valence-corrected chi connectivity index (χ2v) is 3.08. The average molecular weight is 187 g/mol. The second-order valence-electron chi connectivity index (χ2n) is 3.08. The van der Waals surface area contributed by atoms with Crippen molar-refractivity contribution in [3.8, 4) is 0 Å². The zero-order valence-electron chi connectivity index (χ0n) is 6.78. The molecule has 0 aromatic carbocycles. The van der Waals surface area contributed by atoms with E-state index in [-0.39, 0.29) is 6.42 Å². The highest BCUT2D eigenvalue weighted by Crippen LogP contribution is 2.34. The highest BCUT2D eigenvalue weighted by molar-refractivity contribution is 5.57. The van der Waals surface area contributed by atoms with Crippen molar-refractivity contribution in [3.63, 3.8) is 0 Å². The number of aryl methyl sites for hydroxylation is 1. The monoisotopic (exact) mass is 187 g/mol. The van der Waals surface area contributed by atoms with E-state index in [1.54, 1.807) is 6.20 Å². The van der Waals surface area contributed by atoms with E-state index in [4.69, 9.17) is 0 Å². The summed E-state index contributed by atoms with van der Waals surface area (Å²) in [6.45, 7) is 0. The molecule has 4 heteroatoms. The maximum atomic E-state index is 12.3. The summed E-state index contributed by atoms with van der Waals surface area (Å²) < 4.78 is 36.8. The normalized spacial score (nSPS) is 16.7. The van der Waals surface area contributed by atoms with Crippen molar-refractivity contribution < 1.29 is 13.2 Å². The van der Waals surface area contributed by atoms with Crippen LogP contribution in [0.4, 0.5) is 13.2 Å². The molecule has 1 N–H and O–H groups in total. The number of nitrogens with one attached hydrogen (secondary N) is 1. The Bertz CT molecular complexity index is 346. The molecule has 2 rings (SSSR count). The van der Waals surface area contributed by atoms with Crippen molar-refractivity contribution in [2.45, 2.75) is 19.0 Å². The van der Waals surface area contributed by atoms with E-state index in [0.717, 1.165) is 5.56 Å². The van der Waals surface area contributed by atoms with Crippen LogP contribution in [-0.2, 0) is 6.42 Å². The Kier molecular flexibility index (Phi) is 1.71. The van der Waals surface area contributed by atoms with Gasteiger partial charge in [-0.1, -0.05) is 0 Å². The van der Waals surface area contributed by atoms with Gasteiger partial charge >= 0.3 is 6.18 Å². The predicted octanol–water partition coefficient (Wildman–Crippen LogP) is 2.91. The molecule has 0 bridgehead atoms. The van der Waals surface area contributed by atoms with Crippen molar-refractivity contribution in [1.29, 1.82) is 0 Å². The Labute approximate surface area is 73.3 Å². The van der Waals surface area contributed by atoms with Gasteiger partial charge in [-0.3, -0.25) is 0 Å². The molecule has 0 amide bonds. The van der Waals surface area contributed by atoms with Crippen LogP contribution in [0.5, 0.6) is 0 Å². The third-order valence-corrected chi connectivity index (χ3v) is 2.22. The van der Waals surface area contributed by atoms with E-state index in [9.17, 15) is 13.2 Å². The van der Waals surface area contributed by atoms with Crippen molar-refractivity contribution in [3.05, 3.63) is 29.1 Å². The number of aromatic nitrogens is 1. The smallest absolute Gasteiger partial charge is 0.361 e. The molecular formula is C9H8F3N. The topological polar surface area (TPSA) is 15.8 Å². The molecule has 0 spiro atoms. The number of alkyl halides is 3. The van der Waals surface area contributed by atoms with Gasteiger partial charge in [-0.15, -0.1) is 0 Å². The van der Waals surface area contributed by atoms with Gasteiger partial charge < -0.3 is 4.98 Å². The number of hydrogen-bond acceptors (Lipinski definition) is 0. The maximum Gasteiger partial charge on any atom is 0.412 e. The van der Waals surface area contributed by atoms with Crippen LogP contribution >= 0.6 is 0 Å². The summed E-state index contributed by atoms with van der Waals surface area (Å²) in [5, 5.41) is 0. The second kappa shape index (κ2) is 2.65. The molecule has 1 heterocycles. The molecule has 0 radical (unpaired) electrons. The molecule has 0 saturated heterocycles. The third kappa shape index (κ3) is 1.48. The van der Waals surface area contributed by atoms with Gasteiger partial charge in [0.05, 0.1) is 0 Å². The number of fused-ring (bicyclic) bond motifs is 1. The fraction of sp³-hybridized carbons (Fsp3) is 0.333. The molecule has 1 nitrogen and oxygen atoms in total. The van der Waals surface area contributed by atoms with Crippen LogP contribution in [0.2, 0.25) is 0 Å². The van der Waals surface area contributed by atoms with E-state index in [0.29, 0.717) is 12.1 Å². The number of halogens is 3. The lowest BCUT2D eigenvalue weighted by Crippen LogP contribution is -2.14. The number of H-pyrrole nitrogens is 1. The number of rotatable bonds is 0. The molecule has 70 valence electrons. The van der Waals surface area contributed by atoms with Gasteiger partial charge in [-0.25, -0.2) is 0 Å². The SMILES string of the molecule is FC(F)(F)C1=Cc2[nH]ccc2CC1. The van der Waals surface area contributed by atoms with Crippen LogP contribution in [-0.4, -0.2) is 11.2 Å². The molecular weight excluding hydrogens is 179 g/mol. The molecule has 13 heavy (non-hydrogen) atoms. The minimum absolute atomic E-state index is 0.0916. The van der Waals surface area contributed by atoms with E-state index >= 15 is 0 Å². The summed E-state index contributed by atoms with van der Waals surface area (Å²) in [6.07, 6.45) is -0.749. The first-order chi connectivity index (χ1) is 6.07. The van der Waals surface area contributed by atoms with Crippen molar-refractivity contribution in [2.24, 2.45) is 0 Å². The summed E-state index contributed by atoms with van der Waals surface area (Å²) in [5.41, 5.74) is 1.12. The Morgan fingerprint density at radius 2 is 2.00 bits per heavy atom. The fourth-order valence-corrected chi connectivity index (χ4v) is 1.51. The summed E-state index contributed by atoms with van der Waals surface area (Å²) in [5.74, 6) is 0. The van der Waals surface area contributed by atoms with Crippen molar-refractivity contribution in [2.75, 3.05) is 0 Å². The van der Waals surface area contributed by atoms with Crippen LogP contribution in [0, 0.1) is 0 Å². The molecule has 0 saturated carbocycles. The van der Waals surface area contributed by atoms with Gasteiger partial charge in [0.15, 0.2) is 0 Å². The summed E-state index contributed by atoms with van der Waals surface area (Å²) >= 11 is 0. The standard InChI is InChI=1S/C9H8F3N/c10-9(11,12)7-2-1-6-3-4-13-8(6)5-7/h3-5,13H,1-2H2. The lowest BCUT2D eigenvalue weighted by molar-refractivity contribution is -0.0931. The van der Waals surface area contributed by atoms with Gasteiger partial charge in [0.25, 0.3) is 0 Å². The molecule has 0 aliphatic heterocycles. The van der Waals surface area contributed by atoms with E-state index in [1.807, 2.05) is 6.07 Å². The molecule has 0 fully saturated rings. The highest BCUT2D eigenvalue weighted by Gasteiger charge is 2.34. The summed E-state index contributed by atoms with van der Waals surface area (Å²) in [6, 6.07) is 1.82. The molecule has 0 unspecified atom stereocenters. The first-order valence-corrected chi connectivity index (χ1v) is 4.01. The Balaban J connectivity index is 2.38. The number of aromatic amines is 1. The van der Waals surface area contributed by atoms with Crippen LogP contribution < -0.4 is 0 Å². The largest absolute Gasteiger partial charge is 0.412 e.